The van der Waals surface area contributed by atoms with E-state index in [1.54, 1.807) is 24.4 Å². The Morgan fingerprint density at radius 3 is 2.27 bits per heavy atom. The number of halogens is 4. The summed E-state index contributed by atoms with van der Waals surface area (Å²) in [6.07, 6.45) is -4.53. The van der Waals surface area contributed by atoms with Crippen molar-refractivity contribution in [2.24, 2.45) is 0 Å². The van der Waals surface area contributed by atoms with E-state index < -0.39 is 28.7 Å². The van der Waals surface area contributed by atoms with Crippen molar-refractivity contribution in [3.8, 4) is 0 Å². The average molecular weight is 407 g/mol. The molecule has 0 aliphatic carbocycles. The summed E-state index contributed by atoms with van der Waals surface area (Å²) in [4.78, 5) is 11.5. The number of carbonyl (C=O) groups excluding carboxylic acids is 1. The van der Waals surface area contributed by atoms with Gasteiger partial charge in [0.25, 0.3) is 15.9 Å². The fraction of sp³-hybridized carbons (Fsp3) is 0.188. The van der Waals surface area contributed by atoms with Gasteiger partial charge in [-0.15, -0.1) is 0 Å². The van der Waals surface area contributed by atoms with E-state index in [1.165, 1.54) is 6.07 Å². The quantitative estimate of drug-likeness (QED) is 0.794. The monoisotopic (exact) mass is 406 g/mol. The summed E-state index contributed by atoms with van der Waals surface area (Å²) in [5, 5.41) is 1.92. The standard InChI is InChI=1S/C16H14ClF3N2O3S/c1-10-2-7-14(13(17)8-10)22-26(24,25)12-5-3-11(4-6-12)15(23)21-9-16(18,19)20/h2-8,22H,9H2,1H3,(H,21,23). The summed E-state index contributed by atoms with van der Waals surface area (Å²) >= 11 is 5.99. The minimum absolute atomic E-state index is 0.0958. The lowest BCUT2D eigenvalue weighted by Gasteiger charge is -2.11. The molecule has 0 unspecified atom stereocenters. The lowest BCUT2D eigenvalue weighted by molar-refractivity contribution is -0.123. The first-order valence-electron chi connectivity index (χ1n) is 7.22. The lowest BCUT2D eigenvalue weighted by atomic mass is 10.2. The van der Waals surface area contributed by atoms with Gasteiger partial charge in [0.05, 0.1) is 15.6 Å². The molecule has 10 heteroatoms. The van der Waals surface area contributed by atoms with Crippen LogP contribution in [0.4, 0.5) is 18.9 Å². The second kappa shape index (κ2) is 7.55. The van der Waals surface area contributed by atoms with Crippen molar-refractivity contribution >= 4 is 33.2 Å². The van der Waals surface area contributed by atoms with E-state index in [0.29, 0.717) is 0 Å². The molecule has 0 radical (unpaired) electrons. The van der Waals surface area contributed by atoms with E-state index in [-0.39, 0.29) is 21.2 Å². The molecule has 0 aliphatic heterocycles. The molecule has 26 heavy (non-hydrogen) atoms. The number of aryl methyl sites for hydroxylation is 1. The van der Waals surface area contributed by atoms with Gasteiger partial charge in [0.1, 0.15) is 6.54 Å². The van der Waals surface area contributed by atoms with Crippen LogP contribution in [-0.4, -0.2) is 27.0 Å². The molecular formula is C16H14ClF3N2O3S. The van der Waals surface area contributed by atoms with Crippen molar-refractivity contribution in [3.05, 3.63) is 58.6 Å². The van der Waals surface area contributed by atoms with Gasteiger partial charge in [0, 0.05) is 5.56 Å². The molecule has 0 fully saturated rings. The smallest absolute Gasteiger partial charge is 0.343 e. The Morgan fingerprint density at radius 1 is 1.12 bits per heavy atom. The van der Waals surface area contributed by atoms with Gasteiger partial charge in [-0.25, -0.2) is 8.42 Å². The van der Waals surface area contributed by atoms with E-state index in [1.807, 2.05) is 0 Å². The SMILES string of the molecule is Cc1ccc(NS(=O)(=O)c2ccc(C(=O)NCC(F)(F)F)cc2)c(Cl)c1. The van der Waals surface area contributed by atoms with E-state index in [4.69, 9.17) is 11.6 Å². The summed E-state index contributed by atoms with van der Waals surface area (Å²) < 4.78 is 63.3. The molecule has 1 amide bonds. The Hall–Kier alpha value is -2.26. The molecule has 2 aromatic carbocycles. The number of rotatable bonds is 5. The second-order valence-corrected chi connectivity index (χ2v) is 7.50. The second-order valence-electron chi connectivity index (χ2n) is 5.41. The predicted octanol–water partition coefficient (Wildman–Crippen LogP) is 3.74. The maximum Gasteiger partial charge on any atom is 0.405 e. The van der Waals surface area contributed by atoms with Gasteiger partial charge < -0.3 is 5.32 Å². The van der Waals surface area contributed by atoms with Crippen LogP contribution in [0.5, 0.6) is 0 Å². The van der Waals surface area contributed by atoms with Crippen molar-refractivity contribution < 1.29 is 26.4 Å². The average Bonchev–Trinajstić information content (AvgIpc) is 2.54. The topological polar surface area (TPSA) is 75.3 Å². The summed E-state index contributed by atoms with van der Waals surface area (Å²) in [6, 6.07) is 9.26. The molecule has 2 N–H and O–H groups in total. The van der Waals surface area contributed by atoms with Crippen LogP contribution in [0.1, 0.15) is 15.9 Å². The first-order chi connectivity index (χ1) is 12.0. The van der Waals surface area contributed by atoms with Crippen molar-refractivity contribution in [2.45, 2.75) is 18.0 Å². The van der Waals surface area contributed by atoms with E-state index in [9.17, 15) is 26.4 Å². The van der Waals surface area contributed by atoms with Crippen LogP contribution < -0.4 is 10.0 Å². The van der Waals surface area contributed by atoms with Crippen LogP contribution in [0.25, 0.3) is 0 Å². The number of carbonyl (C=O) groups is 1. The summed E-state index contributed by atoms with van der Waals surface area (Å²) in [6.45, 7) is 0.325. The van der Waals surface area contributed by atoms with E-state index in [0.717, 1.165) is 29.8 Å². The zero-order chi connectivity index (χ0) is 19.5. The maximum atomic E-state index is 12.4. The van der Waals surface area contributed by atoms with E-state index in [2.05, 4.69) is 4.72 Å². The number of hydrogen-bond acceptors (Lipinski definition) is 3. The Balaban J connectivity index is 2.14. The van der Waals surface area contributed by atoms with Crippen molar-refractivity contribution in [1.29, 1.82) is 0 Å². The fourth-order valence-corrected chi connectivity index (χ4v) is 3.39. The summed E-state index contributed by atoms with van der Waals surface area (Å²) in [7, 11) is -3.97. The van der Waals surface area contributed by atoms with Crippen molar-refractivity contribution in [1.82, 2.24) is 5.32 Å². The highest BCUT2D eigenvalue weighted by atomic mass is 35.5. The molecule has 0 spiro atoms. The molecule has 0 saturated heterocycles. The minimum Gasteiger partial charge on any atom is -0.343 e. The molecule has 140 valence electrons. The van der Waals surface area contributed by atoms with Gasteiger partial charge in [0.15, 0.2) is 0 Å². The number of amides is 1. The third-order valence-corrected chi connectivity index (χ3v) is 4.94. The number of anilines is 1. The molecule has 2 aromatic rings. The molecular weight excluding hydrogens is 393 g/mol. The van der Waals surface area contributed by atoms with Crippen LogP contribution in [0, 0.1) is 6.92 Å². The number of benzene rings is 2. The van der Waals surface area contributed by atoms with Crippen LogP contribution in [-0.2, 0) is 10.0 Å². The number of hydrogen-bond donors (Lipinski definition) is 2. The number of sulfonamides is 1. The third-order valence-electron chi connectivity index (χ3n) is 3.25. The number of alkyl halides is 3. The largest absolute Gasteiger partial charge is 0.405 e. The normalized spacial score (nSPS) is 11.9. The van der Waals surface area contributed by atoms with Gasteiger partial charge >= 0.3 is 6.18 Å². The molecule has 2 rings (SSSR count). The summed E-state index contributed by atoms with van der Waals surface area (Å²) in [5.74, 6) is -0.958. The van der Waals surface area contributed by atoms with Crippen LogP contribution in [0.3, 0.4) is 0 Å². The molecule has 0 atom stereocenters. The van der Waals surface area contributed by atoms with Gasteiger partial charge in [-0.1, -0.05) is 17.7 Å². The third kappa shape index (κ3) is 5.37. The maximum absolute atomic E-state index is 12.4. The van der Waals surface area contributed by atoms with E-state index >= 15 is 0 Å². The highest BCUT2D eigenvalue weighted by Crippen LogP contribution is 2.25. The van der Waals surface area contributed by atoms with Gasteiger partial charge in [-0.05, 0) is 48.9 Å². The van der Waals surface area contributed by atoms with Crippen LogP contribution in [0.2, 0.25) is 5.02 Å². The Labute approximate surface area is 153 Å². The van der Waals surface area contributed by atoms with Crippen LogP contribution >= 0.6 is 11.6 Å². The molecule has 0 saturated carbocycles. The molecule has 0 heterocycles. The fourth-order valence-electron chi connectivity index (χ4n) is 1.97. The van der Waals surface area contributed by atoms with Crippen molar-refractivity contribution in [2.75, 3.05) is 11.3 Å². The lowest BCUT2D eigenvalue weighted by Crippen LogP contribution is -2.33. The minimum atomic E-state index is -4.53. The molecule has 0 aromatic heterocycles. The number of nitrogens with one attached hydrogen (secondary N) is 2. The first-order valence-corrected chi connectivity index (χ1v) is 9.08. The van der Waals surface area contributed by atoms with Crippen molar-refractivity contribution in [3.63, 3.8) is 0 Å². The van der Waals surface area contributed by atoms with Crippen LogP contribution in [0.15, 0.2) is 47.4 Å². The Bertz CT molecular complexity index is 913. The van der Waals surface area contributed by atoms with Gasteiger partial charge in [-0.3, -0.25) is 9.52 Å². The molecule has 5 nitrogen and oxygen atoms in total. The Kier molecular flexibility index (Phi) is 5.82. The zero-order valence-electron chi connectivity index (χ0n) is 13.4. The van der Waals surface area contributed by atoms with Gasteiger partial charge in [0.2, 0.25) is 0 Å². The summed E-state index contributed by atoms with van der Waals surface area (Å²) in [5.41, 5.74) is 0.943. The molecule has 0 aliphatic rings. The highest BCUT2D eigenvalue weighted by molar-refractivity contribution is 7.92. The predicted molar refractivity (Wildman–Crippen MR) is 91.8 cm³/mol. The van der Waals surface area contributed by atoms with Gasteiger partial charge in [-0.2, -0.15) is 13.2 Å². The first kappa shape index (κ1) is 20.1. The zero-order valence-corrected chi connectivity index (χ0v) is 15.0. The Morgan fingerprint density at radius 2 is 1.73 bits per heavy atom. The highest BCUT2D eigenvalue weighted by Gasteiger charge is 2.28. The molecule has 0 bridgehead atoms.